The number of hydrogen-bond donors (Lipinski definition) is 1. The lowest BCUT2D eigenvalue weighted by atomic mass is 10.0. The number of carbonyl (C=O) groups is 1. The topological polar surface area (TPSA) is 65.5 Å². The second-order valence-corrected chi connectivity index (χ2v) is 16.8. The Kier molecular flexibility index (Phi) is 19.3. The van der Waals surface area contributed by atoms with Crippen molar-refractivity contribution >= 4 is 38.8 Å². The second-order valence-electron chi connectivity index (χ2n) is 15.8. The molecule has 8 heteroatoms. The van der Waals surface area contributed by atoms with Gasteiger partial charge in [0.1, 0.15) is 12.0 Å². The van der Waals surface area contributed by atoms with Gasteiger partial charge in [0, 0.05) is 60.1 Å². The van der Waals surface area contributed by atoms with E-state index in [0.717, 1.165) is 81.8 Å². The number of hydrogen-bond acceptors (Lipinski definition) is 8. The molecule has 1 aromatic heterocycles. The minimum absolute atomic E-state index is 0.0745. The lowest BCUT2D eigenvalue weighted by Crippen LogP contribution is -2.46. The van der Waals surface area contributed by atoms with Crippen LogP contribution >= 0.6 is 11.3 Å². The van der Waals surface area contributed by atoms with E-state index >= 15 is 0 Å². The number of fused-ring (bicyclic) bond motifs is 2. The monoisotopic (exact) mass is 762 g/mol. The average molecular weight is 762 g/mol. The van der Waals surface area contributed by atoms with Crippen LogP contribution in [0.25, 0.3) is 10.1 Å². The van der Waals surface area contributed by atoms with E-state index < -0.39 is 6.23 Å². The van der Waals surface area contributed by atoms with Crippen LogP contribution in [-0.2, 0) is 16.0 Å². The summed E-state index contributed by atoms with van der Waals surface area (Å²) in [6, 6.07) is 15.0. The Morgan fingerprint density at radius 3 is 2.11 bits per heavy atom. The fourth-order valence-corrected chi connectivity index (χ4v) is 8.98. The summed E-state index contributed by atoms with van der Waals surface area (Å²) < 4.78 is 13.2. The van der Waals surface area contributed by atoms with Crippen LogP contribution in [0.15, 0.2) is 47.8 Å². The van der Waals surface area contributed by atoms with E-state index in [2.05, 4.69) is 52.4 Å². The maximum absolute atomic E-state index is 12.6. The predicted molar refractivity (Wildman–Crippen MR) is 228 cm³/mol. The number of piperazine rings is 1. The Balaban J connectivity index is 0.883. The number of nitrogens with zero attached hydrogens (tertiary/aromatic N) is 3. The van der Waals surface area contributed by atoms with Crippen molar-refractivity contribution in [2.24, 2.45) is 0 Å². The molecule has 2 aliphatic rings. The van der Waals surface area contributed by atoms with Gasteiger partial charge in [-0.3, -0.25) is 9.69 Å². The number of ether oxygens (including phenoxy) is 2. The van der Waals surface area contributed by atoms with Gasteiger partial charge in [-0.25, -0.2) is 0 Å². The first-order chi connectivity index (χ1) is 26.6. The lowest BCUT2D eigenvalue weighted by molar-refractivity contribution is -0.144. The Morgan fingerprint density at radius 1 is 0.759 bits per heavy atom. The summed E-state index contributed by atoms with van der Waals surface area (Å²) in [5, 5.41) is 14.4. The molecule has 7 nitrogen and oxygen atoms in total. The van der Waals surface area contributed by atoms with Crippen molar-refractivity contribution < 1.29 is 19.4 Å². The molecular weight excluding hydrogens is 691 g/mol. The van der Waals surface area contributed by atoms with Gasteiger partial charge in [-0.05, 0) is 73.9 Å². The molecule has 1 N–H and O–H groups in total. The van der Waals surface area contributed by atoms with Crippen LogP contribution in [0.4, 0.5) is 11.4 Å². The molecule has 1 saturated heterocycles. The van der Waals surface area contributed by atoms with Crippen LogP contribution in [0, 0.1) is 0 Å². The number of aliphatic hydroxyl groups is 1. The molecule has 3 aromatic rings. The zero-order valence-electron chi connectivity index (χ0n) is 33.6. The number of unbranched alkanes of at least 4 members (excludes halogenated alkanes) is 17. The standard InChI is InChI=1S/C46H71N3O4S/c1-2-3-4-5-6-7-8-9-10-11-12-13-14-15-16-17-18-24-46(51)53-38-49-43-37-40(27-25-39(43)26-28-45(49)50)52-35-20-19-30-47-31-33-48(34-32-47)42-22-21-23-44-41(42)29-36-54-44/h21-23,25,27,29,36-37,45,50H,2-20,24,26,28,30-35,38H2,1H3. The number of anilines is 2. The largest absolute Gasteiger partial charge is 0.494 e. The molecule has 5 rings (SSSR count). The zero-order chi connectivity index (χ0) is 37.6. The third-order valence-electron chi connectivity index (χ3n) is 11.6. The van der Waals surface area contributed by atoms with Gasteiger partial charge in [-0.15, -0.1) is 11.3 Å². The average Bonchev–Trinajstić information content (AvgIpc) is 3.68. The first-order valence-electron chi connectivity index (χ1n) is 21.9. The molecule has 0 aliphatic carbocycles. The third-order valence-corrected chi connectivity index (χ3v) is 12.5. The van der Waals surface area contributed by atoms with E-state index in [9.17, 15) is 9.90 Å². The van der Waals surface area contributed by atoms with Gasteiger partial charge in [0.25, 0.3) is 0 Å². The second kappa shape index (κ2) is 24.7. The summed E-state index contributed by atoms with van der Waals surface area (Å²) in [4.78, 5) is 19.5. The maximum atomic E-state index is 12.6. The number of rotatable bonds is 27. The highest BCUT2D eigenvalue weighted by Crippen LogP contribution is 2.34. The first-order valence-corrected chi connectivity index (χ1v) is 22.8. The van der Waals surface area contributed by atoms with Gasteiger partial charge >= 0.3 is 5.97 Å². The Bertz CT molecular complexity index is 1470. The fraction of sp³-hybridized carbons (Fsp3) is 0.674. The number of benzene rings is 2. The molecule has 54 heavy (non-hydrogen) atoms. The summed E-state index contributed by atoms with van der Waals surface area (Å²) in [7, 11) is 0. The highest BCUT2D eigenvalue weighted by molar-refractivity contribution is 7.17. The molecule has 0 saturated carbocycles. The van der Waals surface area contributed by atoms with Gasteiger partial charge in [-0.2, -0.15) is 0 Å². The van der Waals surface area contributed by atoms with Crippen LogP contribution in [0.2, 0.25) is 0 Å². The van der Waals surface area contributed by atoms with Crippen molar-refractivity contribution in [1.29, 1.82) is 0 Å². The quantitative estimate of drug-likeness (QED) is 0.0613. The SMILES string of the molecule is CCCCCCCCCCCCCCCCCCCC(=O)OCN1c2cc(OCCCCN3CCN(c4cccc5sccc45)CC3)ccc2CCC1O. The molecule has 1 atom stereocenters. The van der Waals surface area contributed by atoms with Gasteiger partial charge in [0.05, 0.1) is 6.61 Å². The molecular formula is C46H71N3O4S. The number of aryl methyl sites for hydroxylation is 1. The fourth-order valence-electron chi connectivity index (χ4n) is 8.17. The first kappa shape index (κ1) is 42.3. The van der Waals surface area contributed by atoms with Gasteiger partial charge in [0.2, 0.25) is 0 Å². The maximum Gasteiger partial charge on any atom is 0.307 e. The molecule has 3 heterocycles. The van der Waals surface area contributed by atoms with Crippen LogP contribution in [-0.4, -0.2) is 68.3 Å². The minimum Gasteiger partial charge on any atom is -0.494 e. The third kappa shape index (κ3) is 14.4. The van der Waals surface area contributed by atoms with Crippen molar-refractivity contribution in [2.45, 2.75) is 154 Å². The molecule has 1 unspecified atom stereocenters. The summed E-state index contributed by atoms with van der Waals surface area (Å²) in [6.45, 7) is 8.43. The molecule has 2 aliphatic heterocycles. The van der Waals surface area contributed by atoms with Crippen molar-refractivity contribution in [3.05, 3.63) is 53.4 Å². The molecule has 0 spiro atoms. The van der Waals surface area contributed by atoms with Gasteiger partial charge < -0.3 is 24.4 Å². The van der Waals surface area contributed by atoms with Gasteiger partial charge in [-0.1, -0.05) is 122 Å². The van der Waals surface area contributed by atoms with Crippen LogP contribution in [0.3, 0.4) is 0 Å². The van der Waals surface area contributed by atoms with Crippen molar-refractivity contribution in [1.82, 2.24) is 4.90 Å². The van der Waals surface area contributed by atoms with E-state index in [1.54, 1.807) is 0 Å². The van der Waals surface area contributed by atoms with E-state index in [0.29, 0.717) is 19.4 Å². The Labute approximate surface area is 331 Å². The highest BCUT2D eigenvalue weighted by atomic mass is 32.1. The predicted octanol–water partition coefficient (Wildman–Crippen LogP) is 11.5. The molecule has 0 radical (unpaired) electrons. The minimum atomic E-state index is -0.667. The summed E-state index contributed by atoms with van der Waals surface area (Å²) in [5.41, 5.74) is 3.44. The van der Waals surface area contributed by atoms with Crippen molar-refractivity contribution in [3.8, 4) is 5.75 Å². The van der Waals surface area contributed by atoms with Crippen LogP contribution in [0.5, 0.6) is 5.75 Å². The van der Waals surface area contributed by atoms with Crippen LogP contribution < -0.4 is 14.5 Å². The van der Waals surface area contributed by atoms with Crippen molar-refractivity contribution in [3.63, 3.8) is 0 Å². The number of thiophene rings is 1. The molecule has 1 fully saturated rings. The van der Waals surface area contributed by atoms with Crippen LogP contribution in [0.1, 0.15) is 147 Å². The van der Waals surface area contributed by atoms with Crippen molar-refractivity contribution in [2.75, 3.05) is 55.9 Å². The smallest absolute Gasteiger partial charge is 0.307 e. The highest BCUT2D eigenvalue weighted by Gasteiger charge is 2.26. The number of aliphatic hydroxyl groups excluding tert-OH is 1. The number of esters is 1. The summed E-state index contributed by atoms with van der Waals surface area (Å²) in [6.07, 6.45) is 25.8. The van der Waals surface area contributed by atoms with E-state index in [1.165, 1.54) is 112 Å². The Hall–Kier alpha value is -2.81. The lowest BCUT2D eigenvalue weighted by Gasteiger charge is -2.36. The normalized spacial score (nSPS) is 16.2. The molecule has 0 amide bonds. The van der Waals surface area contributed by atoms with E-state index in [4.69, 9.17) is 9.47 Å². The zero-order valence-corrected chi connectivity index (χ0v) is 34.4. The van der Waals surface area contributed by atoms with Gasteiger partial charge in [0.15, 0.2) is 6.73 Å². The molecule has 2 aromatic carbocycles. The summed E-state index contributed by atoms with van der Waals surface area (Å²) in [5.74, 6) is 0.628. The van der Waals surface area contributed by atoms with E-state index in [-0.39, 0.29) is 12.7 Å². The molecule has 0 bridgehead atoms. The summed E-state index contributed by atoms with van der Waals surface area (Å²) >= 11 is 1.82. The number of carbonyl (C=O) groups excluding carboxylic acids is 1. The van der Waals surface area contributed by atoms with E-state index in [1.807, 2.05) is 28.4 Å². The Morgan fingerprint density at radius 2 is 1.43 bits per heavy atom. The molecule has 300 valence electrons.